The first-order valence-corrected chi connectivity index (χ1v) is 4.72. The molecule has 0 saturated carbocycles. The number of benzene rings is 1. The molecule has 1 aliphatic heterocycles. The largest absolute Gasteiger partial charge is 0.329 e. The molecule has 2 rings (SSSR count). The van der Waals surface area contributed by atoms with Gasteiger partial charge in [-0.1, -0.05) is 0 Å². The van der Waals surface area contributed by atoms with E-state index in [4.69, 9.17) is 0 Å². The summed E-state index contributed by atoms with van der Waals surface area (Å²) in [5.74, 6) is -0.0132. The Morgan fingerprint density at radius 3 is 2.80 bits per heavy atom. The van der Waals surface area contributed by atoms with E-state index in [2.05, 4.69) is 10.6 Å². The molecule has 1 heterocycles. The Labute approximate surface area is 87.7 Å². The highest BCUT2D eigenvalue weighted by Gasteiger charge is 2.38. The number of fused-ring (bicyclic) bond motifs is 1. The van der Waals surface area contributed by atoms with E-state index in [1.807, 2.05) is 19.9 Å². The molecule has 4 nitrogen and oxygen atoms in total. The van der Waals surface area contributed by atoms with Gasteiger partial charge in [0.2, 0.25) is 12.3 Å². The van der Waals surface area contributed by atoms with E-state index >= 15 is 0 Å². The third kappa shape index (κ3) is 1.38. The SMILES string of the molecule is CC1(C)C(=O)Nc2ccc(NC=O)cc21. The smallest absolute Gasteiger partial charge is 0.234 e. The monoisotopic (exact) mass is 204 g/mol. The van der Waals surface area contributed by atoms with Crippen LogP contribution in [0.15, 0.2) is 18.2 Å². The maximum Gasteiger partial charge on any atom is 0.234 e. The fourth-order valence-electron chi connectivity index (χ4n) is 1.73. The predicted molar refractivity (Wildman–Crippen MR) is 57.8 cm³/mol. The van der Waals surface area contributed by atoms with E-state index in [1.54, 1.807) is 12.1 Å². The van der Waals surface area contributed by atoms with Gasteiger partial charge >= 0.3 is 0 Å². The van der Waals surface area contributed by atoms with E-state index in [-0.39, 0.29) is 5.91 Å². The minimum Gasteiger partial charge on any atom is -0.329 e. The average molecular weight is 204 g/mol. The predicted octanol–water partition coefficient (Wildman–Crippen LogP) is 1.48. The Morgan fingerprint density at radius 1 is 1.40 bits per heavy atom. The minimum absolute atomic E-state index is 0.0132. The number of hydrogen-bond acceptors (Lipinski definition) is 2. The van der Waals surface area contributed by atoms with E-state index in [1.165, 1.54) is 0 Å². The molecule has 0 unspecified atom stereocenters. The quantitative estimate of drug-likeness (QED) is 0.717. The van der Waals surface area contributed by atoms with Gasteiger partial charge in [-0.15, -0.1) is 0 Å². The van der Waals surface area contributed by atoms with Crippen molar-refractivity contribution in [3.8, 4) is 0 Å². The molecule has 0 saturated heterocycles. The zero-order valence-corrected chi connectivity index (χ0v) is 8.63. The summed E-state index contributed by atoms with van der Waals surface area (Å²) in [6.45, 7) is 3.72. The van der Waals surface area contributed by atoms with Gasteiger partial charge in [0.05, 0.1) is 5.41 Å². The molecule has 0 atom stereocenters. The van der Waals surface area contributed by atoms with Crippen LogP contribution >= 0.6 is 0 Å². The summed E-state index contributed by atoms with van der Waals surface area (Å²) in [5, 5.41) is 5.37. The second kappa shape index (κ2) is 3.08. The fraction of sp³-hybridized carbons (Fsp3) is 0.273. The normalized spacial score (nSPS) is 16.8. The Morgan fingerprint density at radius 2 is 2.13 bits per heavy atom. The highest BCUT2D eigenvalue weighted by atomic mass is 16.2. The van der Waals surface area contributed by atoms with Crippen LogP contribution in [0.1, 0.15) is 19.4 Å². The number of nitrogens with one attached hydrogen (secondary N) is 2. The lowest BCUT2D eigenvalue weighted by atomic mass is 9.86. The highest BCUT2D eigenvalue weighted by molar-refractivity contribution is 6.06. The molecule has 2 amide bonds. The molecule has 0 radical (unpaired) electrons. The standard InChI is InChI=1S/C11H12N2O2/c1-11(2)8-5-7(12-6-14)3-4-9(8)13-10(11)15/h3-6H,1-2H3,(H,12,14)(H,13,15). The van der Waals surface area contributed by atoms with Gasteiger partial charge in [-0.3, -0.25) is 9.59 Å². The van der Waals surface area contributed by atoms with Gasteiger partial charge in [-0.25, -0.2) is 0 Å². The second-order valence-electron chi connectivity index (χ2n) is 4.10. The van der Waals surface area contributed by atoms with Crippen LogP contribution in [-0.4, -0.2) is 12.3 Å². The van der Waals surface area contributed by atoms with Crippen LogP contribution in [0.2, 0.25) is 0 Å². The average Bonchev–Trinajstić information content (AvgIpc) is 2.40. The summed E-state index contributed by atoms with van der Waals surface area (Å²) in [5.41, 5.74) is 1.91. The zero-order valence-electron chi connectivity index (χ0n) is 8.63. The number of rotatable bonds is 2. The lowest BCUT2D eigenvalue weighted by Crippen LogP contribution is -2.26. The van der Waals surface area contributed by atoms with Gasteiger partial charge in [0.25, 0.3) is 0 Å². The number of anilines is 2. The van der Waals surface area contributed by atoms with Gasteiger partial charge in [0.15, 0.2) is 0 Å². The van der Waals surface area contributed by atoms with Gasteiger partial charge in [0, 0.05) is 11.4 Å². The third-order valence-electron chi connectivity index (χ3n) is 2.73. The maximum absolute atomic E-state index is 11.6. The van der Waals surface area contributed by atoms with Crippen LogP contribution < -0.4 is 10.6 Å². The zero-order chi connectivity index (χ0) is 11.1. The van der Waals surface area contributed by atoms with E-state index in [0.29, 0.717) is 12.1 Å². The molecular weight excluding hydrogens is 192 g/mol. The summed E-state index contributed by atoms with van der Waals surface area (Å²) in [7, 11) is 0. The van der Waals surface area contributed by atoms with Crippen LogP contribution in [-0.2, 0) is 15.0 Å². The number of amides is 2. The van der Waals surface area contributed by atoms with Crippen LogP contribution in [0.25, 0.3) is 0 Å². The topological polar surface area (TPSA) is 58.2 Å². The molecular formula is C11H12N2O2. The van der Waals surface area contributed by atoms with Crippen LogP contribution in [0.5, 0.6) is 0 Å². The molecule has 1 aliphatic rings. The molecule has 4 heteroatoms. The number of carbonyl (C=O) groups is 2. The summed E-state index contributed by atoms with van der Waals surface area (Å²) in [6.07, 6.45) is 0.624. The molecule has 78 valence electrons. The summed E-state index contributed by atoms with van der Waals surface area (Å²) >= 11 is 0. The van der Waals surface area contributed by atoms with Crippen molar-refractivity contribution in [3.63, 3.8) is 0 Å². The summed E-state index contributed by atoms with van der Waals surface area (Å²) in [4.78, 5) is 21.9. The Balaban J connectivity index is 2.49. The molecule has 1 aromatic carbocycles. The van der Waals surface area contributed by atoms with Crippen molar-refractivity contribution >= 4 is 23.7 Å². The highest BCUT2D eigenvalue weighted by Crippen LogP contribution is 2.38. The first-order valence-electron chi connectivity index (χ1n) is 4.72. The van der Waals surface area contributed by atoms with Gasteiger partial charge in [-0.05, 0) is 37.6 Å². The van der Waals surface area contributed by atoms with Crippen molar-refractivity contribution in [2.24, 2.45) is 0 Å². The van der Waals surface area contributed by atoms with E-state index in [9.17, 15) is 9.59 Å². The maximum atomic E-state index is 11.6. The second-order valence-corrected chi connectivity index (χ2v) is 4.10. The molecule has 2 N–H and O–H groups in total. The van der Waals surface area contributed by atoms with Gasteiger partial charge in [-0.2, -0.15) is 0 Å². The van der Waals surface area contributed by atoms with Crippen molar-refractivity contribution in [1.29, 1.82) is 0 Å². The van der Waals surface area contributed by atoms with Gasteiger partial charge in [0.1, 0.15) is 0 Å². The van der Waals surface area contributed by atoms with Crippen LogP contribution in [0, 0.1) is 0 Å². The van der Waals surface area contributed by atoms with Crippen molar-refractivity contribution in [2.45, 2.75) is 19.3 Å². The van der Waals surface area contributed by atoms with Crippen molar-refractivity contribution in [3.05, 3.63) is 23.8 Å². The van der Waals surface area contributed by atoms with E-state index in [0.717, 1.165) is 11.3 Å². The summed E-state index contributed by atoms with van der Waals surface area (Å²) in [6, 6.07) is 5.38. The first-order chi connectivity index (χ1) is 7.05. The van der Waals surface area contributed by atoms with Crippen LogP contribution in [0.4, 0.5) is 11.4 Å². The molecule has 0 aromatic heterocycles. The molecule has 0 aliphatic carbocycles. The fourth-order valence-corrected chi connectivity index (χ4v) is 1.73. The Hall–Kier alpha value is -1.84. The van der Waals surface area contributed by atoms with E-state index < -0.39 is 5.41 Å². The molecule has 0 fully saturated rings. The number of hydrogen-bond donors (Lipinski definition) is 2. The van der Waals surface area contributed by atoms with Crippen molar-refractivity contribution in [1.82, 2.24) is 0 Å². The molecule has 0 spiro atoms. The Kier molecular flexibility index (Phi) is 2.00. The minimum atomic E-state index is -0.532. The molecule has 1 aromatic rings. The van der Waals surface area contributed by atoms with Crippen molar-refractivity contribution < 1.29 is 9.59 Å². The van der Waals surface area contributed by atoms with Crippen LogP contribution in [0.3, 0.4) is 0 Å². The summed E-state index contributed by atoms with van der Waals surface area (Å²) < 4.78 is 0. The first kappa shape index (κ1) is 9.71. The lowest BCUT2D eigenvalue weighted by Gasteiger charge is -2.15. The third-order valence-corrected chi connectivity index (χ3v) is 2.73. The van der Waals surface area contributed by atoms with Gasteiger partial charge < -0.3 is 10.6 Å². The molecule has 15 heavy (non-hydrogen) atoms. The van der Waals surface area contributed by atoms with Crippen molar-refractivity contribution in [2.75, 3.05) is 10.6 Å². The number of carbonyl (C=O) groups excluding carboxylic acids is 2. The molecule has 0 bridgehead atoms. The lowest BCUT2D eigenvalue weighted by molar-refractivity contribution is -0.119. The Bertz CT molecular complexity index is 438.